The van der Waals surface area contributed by atoms with Gasteiger partial charge in [0.05, 0.1) is 15.7 Å². The molecule has 0 atom stereocenters. The Morgan fingerprint density at radius 1 is 0.964 bits per heavy atom. The first-order valence-electron chi connectivity index (χ1n) is 8.10. The van der Waals surface area contributed by atoms with Crippen molar-refractivity contribution in [3.8, 4) is 11.3 Å². The molecule has 3 aromatic rings. The highest BCUT2D eigenvalue weighted by atomic mass is 35.5. The third-order valence-corrected chi connectivity index (χ3v) is 4.83. The molecule has 1 fully saturated rings. The van der Waals surface area contributed by atoms with Crippen LogP contribution in [-0.4, -0.2) is 11.8 Å². The largest absolute Gasteiger partial charge is 0.457 e. The highest BCUT2D eigenvalue weighted by Crippen LogP contribution is 2.30. The Balaban J connectivity index is 1.61. The van der Waals surface area contributed by atoms with Crippen molar-refractivity contribution < 1.29 is 18.4 Å². The minimum absolute atomic E-state index is 0.0978. The van der Waals surface area contributed by atoms with Crippen molar-refractivity contribution in [1.82, 2.24) is 5.43 Å². The number of nitrogens with one attached hydrogen (secondary N) is 1. The summed E-state index contributed by atoms with van der Waals surface area (Å²) in [5.41, 5.74) is 3.39. The molecule has 1 aliphatic rings. The zero-order valence-electron chi connectivity index (χ0n) is 14.1. The minimum Gasteiger partial charge on any atom is -0.457 e. The maximum atomic E-state index is 13.1. The molecule has 0 saturated carbocycles. The van der Waals surface area contributed by atoms with Gasteiger partial charge in [-0.25, -0.2) is 9.40 Å². The number of hydrogen-bond acceptors (Lipinski definition) is 3. The molecule has 4 rings (SSSR count). The molecule has 0 spiro atoms. The third kappa shape index (κ3) is 3.40. The van der Waals surface area contributed by atoms with E-state index in [-0.39, 0.29) is 5.57 Å². The van der Waals surface area contributed by atoms with Crippen molar-refractivity contribution in [2.75, 3.05) is 5.01 Å². The predicted octanol–water partition coefficient (Wildman–Crippen LogP) is 4.85. The zero-order chi connectivity index (χ0) is 19.8. The van der Waals surface area contributed by atoms with Gasteiger partial charge in [0, 0.05) is 5.56 Å². The Morgan fingerprint density at radius 2 is 1.71 bits per heavy atom. The number of amides is 2. The van der Waals surface area contributed by atoms with Crippen LogP contribution in [0.15, 0.2) is 64.6 Å². The molecule has 8 heteroatoms. The van der Waals surface area contributed by atoms with E-state index in [9.17, 15) is 14.0 Å². The van der Waals surface area contributed by atoms with E-state index in [2.05, 4.69) is 5.43 Å². The van der Waals surface area contributed by atoms with E-state index in [1.54, 1.807) is 30.3 Å². The van der Waals surface area contributed by atoms with Gasteiger partial charge in [-0.3, -0.25) is 15.0 Å². The average Bonchev–Trinajstić information content (AvgIpc) is 3.25. The van der Waals surface area contributed by atoms with Gasteiger partial charge >= 0.3 is 0 Å². The average molecular weight is 417 g/mol. The van der Waals surface area contributed by atoms with Crippen molar-refractivity contribution >= 4 is 46.8 Å². The van der Waals surface area contributed by atoms with E-state index < -0.39 is 17.6 Å². The molecule has 2 amide bonds. The molecule has 0 radical (unpaired) electrons. The lowest BCUT2D eigenvalue weighted by Gasteiger charge is -2.14. The fraction of sp³-hybridized carbons (Fsp3) is 0. The molecule has 0 unspecified atom stereocenters. The van der Waals surface area contributed by atoms with Crippen LogP contribution in [0, 0.1) is 5.82 Å². The van der Waals surface area contributed by atoms with Gasteiger partial charge in [-0.15, -0.1) is 0 Å². The van der Waals surface area contributed by atoms with Crippen LogP contribution < -0.4 is 10.4 Å². The van der Waals surface area contributed by atoms with Crippen LogP contribution in [0.4, 0.5) is 10.1 Å². The Morgan fingerprint density at radius 3 is 2.43 bits per heavy atom. The van der Waals surface area contributed by atoms with Crippen molar-refractivity contribution in [2.45, 2.75) is 0 Å². The summed E-state index contributed by atoms with van der Waals surface area (Å²) in [6.07, 6.45) is 1.35. The number of hydrogen-bond donors (Lipinski definition) is 1. The van der Waals surface area contributed by atoms with E-state index in [0.29, 0.717) is 32.8 Å². The number of carbonyl (C=O) groups is 2. The molecular formula is C20H11Cl2FN2O3. The molecule has 0 aliphatic carbocycles. The van der Waals surface area contributed by atoms with Gasteiger partial charge in [0.25, 0.3) is 11.8 Å². The first kappa shape index (κ1) is 18.3. The summed E-state index contributed by atoms with van der Waals surface area (Å²) in [6.45, 7) is 0. The summed E-state index contributed by atoms with van der Waals surface area (Å²) in [5, 5.41) is 1.86. The third-order valence-electron chi connectivity index (χ3n) is 4.09. The van der Waals surface area contributed by atoms with Crippen LogP contribution in [0.3, 0.4) is 0 Å². The van der Waals surface area contributed by atoms with E-state index in [0.717, 1.165) is 5.01 Å². The summed E-state index contributed by atoms with van der Waals surface area (Å²) < 4.78 is 18.8. The molecule has 28 heavy (non-hydrogen) atoms. The standard InChI is InChI=1S/C20H11Cl2FN2O3/c21-16-7-1-11(9-17(16)22)18-8-6-14(28-18)10-15-19(26)24-25(20(15)27)13-4-2-12(23)3-5-13/h1-10H,(H,24,26)/b15-10-. The molecule has 5 nitrogen and oxygen atoms in total. The molecule has 2 aromatic carbocycles. The maximum absolute atomic E-state index is 13.1. The van der Waals surface area contributed by atoms with Crippen LogP contribution >= 0.6 is 23.2 Å². The van der Waals surface area contributed by atoms with Gasteiger partial charge in [0.15, 0.2) is 0 Å². The van der Waals surface area contributed by atoms with Crippen LogP contribution in [0.5, 0.6) is 0 Å². The highest BCUT2D eigenvalue weighted by Gasteiger charge is 2.34. The molecule has 1 aromatic heterocycles. The maximum Gasteiger partial charge on any atom is 0.282 e. The first-order chi connectivity index (χ1) is 13.4. The predicted molar refractivity (Wildman–Crippen MR) is 104 cm³/mol. The van der Waals surface area contributed by atoms with Crippen LogP contribution in [0.1, 0.15) is 5.76 Å². The number of anilines is 1. The molecule has 1 N–H and O–H groups in total. The molecular weight excluding hydrogens is 406 g/mol. The Kier molecular flexibility index (Phi) is 4.66. The van der Waals surface area contributed by atoms with Crippen molar-refractivity contribution in [1.29, 1.82) is 0 Å². The quantitative estimate of drug-likeness (QED) is 0.490. The Labute approximate surface area is 168 Å². The van der Waals surface area contributed by atoms with Crippen molar-refractivity contribution in [3.63, 3.8) is 0 Å². The second-order valence-electron chi connectivity index (χ2n) is 5.95. The monoisotopic (exact) mass is 416 g/mol. The van der Waals surface area contributed by atoms with E-state index >= 15 is 0 Å². The molecule has 1 aliphatic heterocycles. The van der Waals surface area contributed by atoms with Crippen molar-refractivity contribution in [2.24, 2.45) is 0 Å². The summed E-state index contributed by atoms with van der Waals surface area (Å²) in [5.74, 6) is -0.763. The topological polar surface area (TPSA) is 62.6 Å². The molecule has 0 bridgehead atoms. The summed E-state index contributed by atoms with van der Waals surface area (Å²) >= 11 is 11.9. The smallest absolute Gasteiger partial charge is 0.282 e. The van der Waals surface area contributed by atoms with Gasteiger partial charge in [-0.1, -0.05) is 23.2 Å². The van der Waals surface area contributed by atoms with Crippen molar-refractivity contribution in [3.05, 3.63) is 81.8 Å². The van der Waals surface area contributed by atoms with Crippen LogP contribution in [0.2, 0.25) is 10.0 Å². The van der Waals surface area contributed by atoms with E-state index in [4.69, 9.17) is 27.6 Å². The number of benzene rings is 2. The van der Waals surface area contributed by atoms with Gasteiger partial charge < -0.3 is 4.42 Å². The fourth-order valence-corrected chi connectivity index (χ4v) is 3.00. The zero-order valence-corrected chi connectivity index (χ0v) is 15.6. The molecule has 1 saturated heterocycles. The normalized spacial score (nSPS) is 15.4. The van der Waals surface area contributed by atoms with E-state index in [1.807, 2.05) is 0 Å². The summed E-state index contributed by atoms with van der Waals surface area (Å²) in [7, 11) is 0. The SMILES string of the molecule is O=C1NN(c2ccc(F)cc2)C(=O)/C1=C\c1ccc(-c2ccc(Cl)c(Cl)c2)o1. The fourth-order valence-electron chi connectivity index (χ4n) is 2.71. The number of halogens is 3. The number of furan rings is 1. The molecule has 140 valence electrons. The number of carbonyl (C=O) groups excluding carboxylic acids is 2. The summed E-state index contributed by atoms with van der Waals surface area (Å²) in [4.78, 5) is 24.8. The second-order valence-corrected chi connectivity index (χ2v) is 6.76. The highest BCUT2D eigenvalue weighted by molar-refractivity contribution is 6.42. The molecule has 2 heterocycles. The lowest BCUT2D eigenvalue weighted by atomic mass is 10.2. The van der Waals surface area contributed by atoms with Gasteiger partial charge in [0.1, 0.15) is 22.9 Å². The van der Waals surface area contributed by atoms with E-state index in [1.165, 1.54) is 30.3 Å². The number of rotatable bonds is 3. The van der Waals surface area contributed by atoms with Gasteiger partial charge in [0.2, 0.25) is 0 Å². The first-order valence-corrected chi connectivity index (χ1v) is 8.86. The minimum atomic E-state index is -0.582. The summed E-state index contributed by atoms with van der Waals surface area (Å²) in [6, 6.07) is 13.6. The lowest BCUT2D eigenvalue weighted by Crippen LogP contribution is -2.35. The number of nitrogens with zero attached hydrogens (tertiary/aromatic N) is 1. The Bertz CT molecular complexity index is 1120. The van der Waals surface area contributed by atoms with Gasteiger partial charge in [-0.2, -0.15) is 0 Å². The lowest BCUT2D eigenvalue weighted by molar-refractivity contribution is -0.117. The Hall–Kier alpha value is -3.09. The van der Waals surface area contributed by atoms with Crippen LogP contribution in [0.25, 0.3) is 17.4 Å². The van der Waals surface area contributed by atoms with Gasteiger partial charge in [-0.05, 0) is 60.7 Å². The van der Waals surface area contributed by atoms with Crippen LogP contribution in [-0.2, 0) is 9.59 Å². The second kappa shape index (κ2) is 7.14. The number of hydrazine groups is 1.